The van der Waals surface area contributed by atoms with Gasteiger partial charge < -0.3 is 5.32 Å². The van der Waals surface area contributed by atoms with Gasteiger partial charge in [-0.3, -0.25) is 9.10 Å². The summed E-state index contributed by atoms with van der Waals surface area (Å²) >= 11 is 1.51. The molecular formula is C19H21FN2O3S2. The van der Waals surface area contributed by atoms with Crippen LogP contribution in [0.1, 0.15) is 20.3 Å². The third-order valence-electron chi connectivity index (χ3n) is 4.28. The van der Waals surface area contributed by atoms with E-state index in [0.717, 1.165) is 9.20 Å². The lowest BCUT2D eigenvalue weighted by atomic mass is 10.2. The van der Waals surface area contributed by atoms with E-state index in [-0.39, 0.29) is 29.0 Å². The van der Waals surface area contributed by atoms with Gasteiger partial charge in [-0.15, -0.1) is 11.8 Å². The Labute approximate surface area is 163 Å². The summed E-state index contributed by atoms with van der Waals surface area (Å²) in [4.78, 5) is 12.9. The highest BCUT2D eigenvalue weighted by Crippen LogP contribution is 2.35. The molecule has 1 heterocycles. The Kier molecular flexibility index (Phi) is 5.76. The van der Waals surface area contributed by atoms with Crippen LogP contribution in [-0.4, -0.2) is 26.6 Å². The van der Waals surface area contributed by atoms with Crippen molar-refractivity contribution in [3.63, 3.8) is 0 Å². The van der Waals surface area contributed by atoms with Gasteiger partial charge in [0.2, 0.25) is 5.91 Å². The maximum atomic E-state index is 14.3. The molecule has 0 saturated carbocycles. The highest BCUT2D eigenvalue weighted by molar-refractivity contribution is 7.99. The second-order valence-electron chi connectivity index (χ2n) is 6.39. The van der Waals surface area contributed by atoms with Crippen LogP contribution < -0.4 is 9.62 Å². The van der Waals surface area contributed by atoms with E-state index in [2.05, 4.69) is 5.32 Å². The first-order valence-electron chi connectivity index (χ1n) is 8.69. The Bertz CT molecular complexity index is 963. The Morgan fingerprint density at radius 3 is 2.70 bits per heavy atom. The molecule has 144 valence electrons. The number of nitrogens with zero attached hydrogens (tertiary/aromatic N) is 1. The van der Waals surface area contributed by atoms with Crippen LogP contribution in [0, 0.1) is 11.7 Å². The van der Waals surface area contributed by atoms with Gasteiger partial charge in [0.05, 0.1) is 16.3 Å². The van der Waals surface area contributed by atoms with Gasteiger partial charge >= 0.3 is 0 Å². The maximum Gasteiger partial charge on any atom is 0.264 e. The number of hydrogen-bond acceptors (Lipinski definition) is 4. The van der Waals surface area contributed by atoms with Gasteiger partial charge in [0.1, 0.15) is 5.82 Å². The normalized spacial score (nSPS) is 17.0. The van der Waals surface area contributed by atoms with Crippen LogP contribution in [0.15, 0.2) is 52.3 Å². The third kappa shape index (κ3) is 3.96. The van der Waals surface area contributed by atoms with E-state index >= 15 is 0 Å². The summed E-state index contributed by atoms with van der Waals surface area (Å²) in [5.74, 6) is -0.281. The average Bonchev–Trinajstić information content (AvgIpc) is 2.78. The van der Waals surface area contributed by atoms with E-state index in [1.54, 1.807) is 12.1 Å². The molecule has 0 aromatic heterocycles. The number of anilines is 2. The zero-order chi connectivity index (χ0) is 19.6. The lowest BCUT2D eigenvalue weighted by molar-refractivity contribution is -0.118. The summed E-state index contributed by atoms with van der Waals surface area (Å²) in [6, 6.07) is 10.5. The van der Waals surface area contributed by atoms with Gasteiger partial charge in [-0.1, -0.05) is 26.0 Å². The molecular weight excluding hydrogens is 387 g/mol. The third-order valence-corrected chi connectivity index (χ3v) is 7.42. The SMILES string of the molecule is CCCN(c1ccccc1F)S(=O)(=O)c1ccc2c(c1)NC(=O)[C@@H](C)CS2. The molecule has 0 fully saturated rings. The van der Waals surface area contributed by atoms with Crippen LogP contribution >= 0.6 is 11.8 Å². The van der Waals surface area contributed by atoms with Crippen molar-refractivity contribution in [3.05, 3.63) is 48.3 Å². The average molecular weight is 409 g/mol. The van der Waals surface area contributed by atoms with Crippen molar-refractivity contribution in [2.75, 3.05) is 21.9 Å². The van der Waals surface area contributed by atoms with Crippen molar-refractivity contribution >= 4 is 39.1 Å². The molecule has 1 amide bonds. The van der Waals surface area contributed by atoms with Gasteiger partial charge in [-0.25, -0.2) is 12.8 Å². The maximum absolute atomic E-state index is 14.3. The molecule has 1 aliphatic heterocycles. The van der Waals surface area contributed by atoms with Crippen LogP contribution in [0.3, 0.4) is 0 Å². The summed E-state index contributed by atoms with van der Waals surface area (Å²) < 4.78 is 41.8. The molecule has 0 aliphatic carbocycles. The van der Waals surface area contributed by atoms with Crippen molar-refractivity contribution in [1.29, 1.82) is 0 Å². The van der Waals surface area contributed by atoms with E-state index in [1.165, 1.54) is 42.1 Å². The number of fused-ring (bicyclic) bond motifs is 1. The van der Waals surface area contributed by atoms with Crippen molar-refractivity contribution in [2.45, 2.75) is 30.1 Å². The van der Waals surface area contributed by atoms with Crippen molar-refractivity contribution < 1.29 is 17.6 Å². The molecule has 1 atom stereocenters. The Hall–Kier alpha value is -2.06. The molecule has 0 bridgehead atoms. The molecule has 0 saturated heterocycles. The van der Waals surface area contributed by atoms with Gasteiger partial charge in [-0.05, 0) is 36.8 Å². The molecule has 1 aliphatic rings. The Balaban J connectivity index is 2.05. The first-order valence-corrected chi connectivity index (χ1v) is 11.1. The van der Waals surface area contributed by atoms with Gasteiger partial charge in [0, 0.05) is 23.1 Å². The summed E-state index contributed by atoms with van der Waals surface area (Å²) in [5.41, 5.74) is 0.488. The quantitative estimate of drug-likeness (QED) is 0.809. The van der Waals surface area contributed by atoms with E-state index in [1.807, 2.05) is 13.8 Å². The van der Waals surface area contributed by atoms with Crippen molar-refractivity contribution in [2.24, 2.45) is 5.92 Å². The molecule has 0 radical (unpaired) electrons. The fraction of sp³-hybridized carbons (Fsp3) is 0.316. The molecule has 27 heavy (non-hydrogen) atoms. The summed E-state index contributed by atoms with van der Waals surface area (Å²) in [7, 11) is -3.98. The topological polar surface area (TPSA) is 66.5 Å². The zero-order valence-electron chi connectivity index (χ0n) is 15.1. The van der Waals surface area contributed by atoms with Gasteiger partial charge in [-0.2, -0.15) is 0 Å². The minimum atomic E-state index is -3.98. The van der Waals surface area contributed by atoms with E-state index in [0.29, 0.717) is 17.9 Å². The molecule has 0 unspecified atom stereocenters. The summed E-state index contributed by atoms with van der Waals surface area (Å²) in [6.45, 7) is 3.81. The van der Waals surface area contributed by atoms with Crippen LogP contribution in [0.2, 0.25) is 0 Å². The number of para-hydroxylation sites is 1. The van der Waals surface area contributed by atoms with E-state index < -0.39 is 15.8 Å². The number of amides is 1. The Morgan fingerprint density at radius 2 is 2.00 bits per heavy atom. The number of carbonyl (C=O) groups is 1. The van der Waals surface area contributed by atoms with Crippen molar-refractivity contribution in [1.82, 2.24) is 0 Å². The lowest BCUT2D eigenvalue weighted by Gasteiger charge is -2.25. The molecule has 1 N–H and O–H groups in total. The molecule has 5 nitrogen and oxygen atoms in total. The van der Waals surface area contributed by atoms with E-state index in [4.69, 9.17) is 0 Å². The second-order valence-corrected chi connectivity index (χ2v) is 9.31. The predicted molar refractivity (Wildman–Crippen MR) is 106 cm³/mol. The largest absolute Gasteiger partial charge is 0.325 e. The Morgan fingerprint density at radius 1 is 1.26 bits per heavy atom. The number of halogens is 1. The molecule has 2 aromatic rings. The molecule has 0 spiro atoms. The fourth-order valence-electron chi connectivity index (χ4n) is 2.79. The van der Waals surface area contributed by atoms with Gasteiger partial charge in [0.25, 0.3) is 10.0 Å². The number of rotatable bonds is 5. The highest BCUT2D eigenvalue weighted by atomic mass is 32.2. The smallest absolute Gasteiger partial charge is 0.264 e. The predicted octanol–water partition coefficient (Wildman–Crippen LogP) is 4.11. The standard InChI is InChI=1S/C19H21FN2O3S2/c1-3-10-22(17-7-5-4-6-15(17)20)27(24,25)14-8-9-18-16(11-14)21-19(23)13(2)12-26-18/h4-9,11,13H,3,10,12H2,1-2H3,(H,21,23)/t13-/m0/s1. The minimum absolute atomic E-state index is 0.0151. The first kappa shape index (κ1) is 19.7. The van der Waals surface area contributed by atoms with Crippen LogP contribution in [-0.2, 0) is 14.8 Å². The monoisotopic (exact) mass is 408 g/mol. The van der Waals surface area contributed by atoms with E-state index in [9.17, 15) is 17.6 Å². The first-order chi connectivity index (χ1) is 12.8. The van der Waals surface area contributed by atoms with Crippen LogP contribution in [0.5, 0.6) is 0 Å². The minimum Gasteiger partial charge on any atom is -0.325 e. The number of benzene rings is 2. The number of nitrogens with one attached hydrogen (secondary N) is 1. The highest BCUT2D eigenvalue weighted by Gasteiger charge is 2.28. The zero-order valence-corrected chi connectivity index (χ0v) is 16.7. The summed E-state index contributed by atoms with van der Waals surface area (Å²) in [6.07, 6.45) is 0.530. The summed E-state index contributed by atoms with van der Waals surface area (Å²) in [5, 5.41) is 2.79. The van der Waals surface area contributed by atoms with Gasteiger partial charge in [0.15, 0.2) is 0 Å². The molecule has 8 heteroatoms. The second kappa shape index (κ2) is 7.90. The number of thioether (sulfide) groups is 1. The number of hydrogen-bond donors (Lipinski definition) is 1. The number of sulfonamides is 1. The van der Waals surface area contributed by atoms with Crippen LogP contribution in [0.25, 0.3) is 0 Å². The van der Waals surface area contributed by atoms with Crippen molar-refractivity contribution in [3.8, 4) is 0 Å². The number of carbonyl (C=O) groups excluding carboxylic acids is 1. The fourth-order valence-corrected chi connectivity index (χ4v) is 5.40. The molecule has 2 aromatic carbocycles. The van der Waals surface area contributed by atoms with Crippen LogP contribution in [0.4, 0.5) is 15.8 Å². The lowest BCUT2D eigenvalue weighted by Crippen LogP contribution is -2.32. The molecule has 3 rings (SSSR count).